The lowest BCUT2D eigenvalue weighted by molar-refractivity contribution is 0.0936. The highest BCUT2D eigenvalue weighted by Crippen LogP contribution is 2.19. The molecule has 3 heterocycles. The second-order valence-electron chi connectivity index (χ2n) is 5.84. The van der Waals surface area contributed by atoms with E-state index in [2.05, 4.69) is 20.3 Å². The predicted octanol–water partition coefficient (Wildman–Crippen LogP) is 2.06. The van der Waals surface area contributed by atoms with Crippen molar-refractivity contribution in [3.8, 4) is 5.88 Å². The van der Waals surface area contributed by atoms with Gasteiger partial charge >= 0.3 is 0 Å². The van der Waals surface area contributed by atoms with Crippen LogP contribution in [0.3, 0.4) is 0 Å². The van der Waals surface area contributed by atoms with Crippen molar-refractivity contribution < 1.29 is 14.3 Å². The minimum atomic E-state index is -0.248. The van der Waals surface area contributed by atoms with E-state index in [-0.39, 0.29) is 12.0 Å². The number of amides is 1. The van der Waals surface area contributed by atoms with Crippen molar-refractivity contribution >= 4 is 16.9 Å². The Morgan fingerprint density at radius 1 is 1.32 bits per heavy atom. The molecule has 1 aliphatic rings. The van der Waals surface area contributed by atoms with Crippen molar-refractivity contribution in [2.75, 3.05) is 13.2 Å². The van der Waals surface area contributed by atoms with Crippen molar-refractivity contribution in [1.82, 2.24) is 20.3 Å². The fourth-order valence-corrected chi connectivity index (χ4v) is 2.77. The van der Waals surface area contributed by atoms with Gasteiger partial charge in [0.2, 0.25) is 5.88 Å². The Morgan fingerprint density at radius 2 is 2.24 bits per heavy atom. The smallest absolute Gasteiger partial charge is 0.257 e. The van der Waals surface area contributed by atoms with E-state index in [0.717, 1.165) is 17.5 Å². The molecule has 25 heavy (non-hydrogen) atoms. The number of H-pyrrole nitrogens is 1. The number of para-hydroxylation sites is 2. The van der Waals surface area contributed by atoms with Crippen LogP contribution in [0.15, 0.2) is 42.6 Å². The lowest BCUT2D eigenvalue weighted by Gasteiger charge is -2.13. The van der Waals surface area contributed by atoms with Gasteiger partial charge in [-0.25, -0.2) is 9.97 Å². The lowest BCUT2D eigenvalue weighted by Crippen LogP contribution is -2.26. The largest absolute Gasteiger partial charge is 0.471 e. The SMILES string of the molecule is O=C(NCc1nc2ccccc2[nH]1)c1cccnc1O[C@H]1CCOC1. The quantitative estimate of drug-likeness (QED) is 0.743. The summed E-state index contributed by atoms with van der Waals surface area (Å²) in [6, 6.07) is 11.2. The molecule has 1 amide bonds. The van der Waals surface area contributed by atoms with E-state index < -0.39 is 0 Å². The van der Waals surface area contributed by atoms with Crippen LogP contribution >= 0.6 is 0 Å². The van der Waals surface area contributed by atoms with Gasteiger partial charge in [0.1, 0.15) is 17.5 Å². The normalized spacial score (nSPS) is 16.9. The highest BCUT2D eigenvalue weighted by Gasteiger charge is 2.21. The Kier molecular flexibility index (Phi) is 4.30. The molecule has 0 radical (unpaired) electrons. The molecule has 1 saturated heterocycles. The number of benzene rings is 1. The third kappa shape index (κ3) is 3.46. The Labute approximate surface area is 144 Å². The Bertz CT molecular complexity index is 854. The molecule has 2 aromatic heterocycles. The maximum Gasteiger partial charge on any atom is 0.257 e. The zero-order valence-corrected chi connectivity index (χ0v) is 13.6. The summed E-state index contributed by atoms with van der Waals surface area (Å²) in [6.45, 7) is 1.50. The van der Waals surface area contributed by atoms with Crippen LogP contribution in [-0.2, 0) is 11.3 Å². The summed E-state index contributed by atoms with van der Waals surface area (Å²) in [5, 5.41) is 2.86. The zero-order valence-electron chi connectivity index (χ0n) is 13.6. The first-order chi connectivity index (χ1) is 12.3. The molecule has 0 saturated carbocycles. The van der Waals surface area contributed by atoms with Gasteiger partial charge in [0.15, 0.2) is 0 Å². The fraction of sp³-hybridized carbons (Fsp3) is 0.278. The third-order valence-corrected chi connectivity index (χ3v) is 4.04. The number of hydrogen-bond acceptors (Lipinski definition) is 5. The van der Waals surface area contributed by atoms with Crippen LogP contribution in [-0.4, -0.2) is 40.2 Å². The van der Waals surface area contributed by atoms with E-state index in [1.807, 2.05) is 24.3 Å². The molecular weight excluding hydrogens is 320 g/mol. The first-order valence-electron chi connectivity index (χ1n) is 8.21. The summed E-state index contributed by atoms with van der Waals surface area (Å²) in [4.78, 5) is 24.4. The highest BCUT2D eigenvalue weighted by atomic mass is 16.5. The van der Waals surface area contributed by atoms with Gasteiger partial charge in [-0.1, -0.05) is 12.1 Å². The number of rotatable bonds is 5. The fourth-order valence-electron chi connectivity index (χ4n) is 2.77. The van der Waals surface area contributed by atoms with Gasteiger partial charge in [-0.05, 0) is 24.3 Å². The molecule has 3 aromatic rings. The van der Waals surface area contributed by atoms with Gasteiger partial charge < -0.3 is 19.8 Å². The van der Waals surface area contributed by atoms with Crippen LogP contribution in [0.4, 0.5) is 0 Å². The third-order valence-electron chi connectivity index (χ3n) is 4.04. The molecule has 2 N–H and O–H groups in total. The van der Waals surface area contributed by atoms with Crippen LogP contribution in [0.2, 0.25) is 0 Å². The summed E-state index contributed by atoms with van der Waals surface area (Å²) in [5.41, 5.74) is 2.22. The van der Waals surface area contributed by atoms with Crippen molar-refractivity contribution in [3.63, 3.8) is 0 Å². The standard InChI is InChI=1S/C18H18N4O3/c23-17(20-10-16-21-14-5-1-2-6-15(14)22-16)13-4-3-8-19-18(13)25-12-7-9-24-11-12/h1-6,8,12H,7,9-11H2,(H,20,23)(H,21,22)/t12-/m0/s1. The van der Waals surface area contributed by atoms with Crippen LogP contribution < -0.4 is 10.1 Å². The van der Waals surface area contributed by atoms with Crippen molar-refractivity contribution in [2.45, 2.75) is 19.1 Å². The average Bonchev–Trinajstić information content (AvgIpc) is 3.29. The number of fused-ring (bicyclic) bond motifs is 1. The lowest BCUT2D eigenvalue weighted by atomic mass is 10.2. The van der Waals surface area contributed by atoms with Crippen LogP contribution in [0, 0.1) is 0 Å². The number of aromatic amines is 1. The minimum absolute atomic E-state index is 0.0585. The van der Waals surface area contributed by atoms with Gasteiger partial charge in [0.25, 0.3) is 5.91 Å². The number of nitrogens with zero attached hydrogens (tertiary/aromatic N) is 2. The molecule has 0 unspecified atom stereocenters. The van der Waals surface area contributed by atoms with Gasteiger partial charge in [-0.3, -0.25) is 4.79 Å². The molecule has 128 valence electrons. The van der Waals surface area contributed by atoms with Crippen molar-refractivity contribution in [1.29, 1.82) is 0 Å². The Hall–Kier alpha value is -2.93. The summed E-state index contributed by atoms with van der Waals surface area (Å²) in [5.74, 6) is 0.785. The Morgan fingerprint density at radius 3 is 3.08 bits per heavy atom. The second-order valence-corrected chi connectivity index (χ2v) is 5.84. The molecule has 1 aromatic carbocycles. The molecule has 1 aliphatic heterocycles. The number of carbonyl (C=O) groups is 1. The molecule has 1 atom stereocenters. The van der Waals surface area contributed by atoms with Crippen molar-refractivity contribution in [3.05, 3.63) is 54.0 Å². The van der Waals surface area contributed by atoms with Crippen LogP contribution in [0.1, 0.15) is 22.6 Å². The molecule has 0 aliphatic carbocycles. The van der Waals surface area contributed by atoms with Gasteiger partial charge in [0.05, 0.1) is 30.8 Å². The minimum Gasteiger partial charge on any atom is -0.471 e. The maximum absolute atomic E-state index is 12.5. The van der Waals surface area contributed by atoms with E-state index >= 15 is 0 Å². The number of aromatic nitrogens is 3. The Balaban J connectivity index is 1.45. The molecule has 7 heteroatoms. The first kappa shape index (κ1) is 15.6. The zero-order chi connectivity index (χ0) is 17.1. The molecule has 0 bridgehead atoms. The van der Waals surface area contributed by atoms with Gasteiger partial charge in [-0.2, -0.15) is 0 Å². The van der Waals surface area contributed by atoms with Gasteiger partial charge in [0, 0.05) is 12.6 Å². The summed E-state index contributed by atoms with van der Waals surface area (Å²) >= 11 is 0. The average molecular weight is 338 g/mol. The highest BCUT2D eigenvalue weighted by molar-refractivity contribution is 5.96. The number of imidazole rings is 1. The van der Waals surface area contributed by atoms with Gasteiger partial charge in [-0.15, -0.1) is 0 Å². The number of nitrogens with one attached hydrogen (secondary N) is 2. The summed E-state index contributed by atoms with van der Waals surface area (Å²) in [7, 11) is 0. The molecule has 4 rings (SSSR count). The maximum atomic E-state index is 12.5. The van der Waals surface area contributed by atoms with E-state index in [0.29, 0.717) is 37.0 Å². The van der Waals surface area contributed by atoms with Crippen molar-refractivity contribution in [2.24, 2.45) is 0 Å². The number of pyridine rings is 1. The number of ether oxygens (including phenoxy) is 2. The van der Waals surface area contributed by atoms with E-state index in [1.165, 1.54) is 0 Å². The van der Waals surface area contributed by atoms with Crippen LogP contribution in [0.5, 0.6) is 5.88 Å². The monoisotopic (exact) mass is 338 g/mol. The molecular formula is C18H18N4O3. The predicted molar refractivity (Wildman–Crippen MR) is 91.4 cm³/mol. The summed E-state index contributed by atoms with van der Waals surface area (Å²) < 4.78 is 11.1. The first-order valence-corrected chi connectivity index (χ1v) is 8.21. The van der Waals surface area contributed by atoms with E-state index in [4.69, 9.17) is 9.47 Å². The number of hydrogen-bond donors (Lipinski definition) is 2. The van der Waals surface area contributed by atoms with E-state index in [1.54, 1.807) is 18.3 Å². The molecule has 7 nitrogen and oxygen atoms in total. The van der Waals surface area contributed by atoms with E-state index in [9.17, 15) is 4.79 Å². The number of carbonyl (C=O) groups excluding carboxylic acids is 1. The summed E-state index contributed by atoms with van der Waals surface area (Å²) in [6.07, 6.45) is 2.36. The second kappa shape index (κ2) is 6.90. The van der Waals surface area contributed by atoms with Crippen LogP contribution in [0.25, 0.3) is 11.0 Å². The topological polar surface area (TPSA) is 89.1 Å². The molecule has 0 spiro atoms. The molecule has 1 fully saturated rings.